The molecule has 0 saturated heterocycles. The van der Waals surface area contributed by atoms with Gasteiger partial charge in [0.05, 0.1) is 22.6 Å². The second kappa shape index (κ2) is 7.95. The van der Waals surface area contributed by atoms with Gasteiger partial charge in [-0.2, -0.15) is 0 Å². The van der Waals surface area contributed by atoms with E-state index in [2.05, 4.69) is 115 Å². The molecule has 0 radical (unpaired) electrons. The number of hydrogen-bond donors (Lipinski definition) is 0. The van der Waals surface area contributed by atoms with Crippen LogP contribution in [0.3, 0.4) is 0 Å². The Labute approximate surface area is 217 Å². The smallest absolute Gasteiger partial charge is 0.0972 e. The van der Waals surface area contributed by atoms with E-state index in [1.165, 1.54) is 30.9 Å². The fraction of sp³-hybridized carbons (Fsp3) is 0. The molecule has 2 nitrogen and oxygen atoms in total. The molecule has 172 valence electrons. The van der Waals surface area contributed by atoms with Crippen LogP contribution in [0.4, 0.5) is 0 Å². The van der Waals surface area contributed by atoms with Crippen LogP contribution in [0.1, 0.15) is 0 Å². The molecule has 3 aromatic heterocycles. The molecule has 3 heterocycles. The molecular weight excluding hydrogens is 468 g/mol. The zero-order valence-electron chi connectivity index (χ0n) is 19.8. The van der Waals surface area contributed by atoms with Crippen molar-refractivity contribution in [2.24, 2.45) is 0 Å². The molecule has 5 aromatic carbocycles. The van der Waals surface area contributed by atoms with Gasteiger partial charge in [-0.25, -0.2) is 9.97 Å². The van der Waals surface area contributed by atoms with Crippen molar-refractivity contribution < 1.29 is 0 Å². The lowest BCUT2D eigenvalue weighted by atomic mass is 9.98. The van der Waals surface area contributed by atoms with Crippen molar-refractivity contribution >= 4 is 64.0 Å². The lowest BCUT2D eigenvalue weighted by Gasteiger charge is -2.13. The predicted octanol–water partition coefficient (Wildman–Crippen LogP) is 9.64. The highest BCUT2D eigenvalue weighted by atomic mass is 32.1. The van der Waals surface area contributed by atoms with Crippen LogP contribution in [0, 0.1) is 0 Å². The minimum atomic E-state index is 0.894. The molecule has 8 aromatic rings. The first-order valence-electron chi connectivity index (χ1n) is 12.4. The number of nitrogens with zero attached hydrogens (tertiary/aromatic N) is 2. The van der Waals surface area contributed by atoms with Crippen molar-refractivity contribution in [2.75, 3.05) is 0 Å². The van der Waals surface area contributed by atoms with Crippen molar-refractivity contribution in [1.29, 1.82) is 0 Å². The standard InChI is InChI=1S/C34H20N2S/c1-2-10-21(11-3-1)33-23-13-5-4-12-22(23)18-30(36-33)34-26-16-7-6-14-24(26)27-20-32-28(19-29(27)35-34)25-15-8-9-17-31(25)37-32/h1-20H. The highest BCUT2D eigenvalue weighted by molar-refractivity contribution is 7.25. The van der Waals surface area contributed by atoms with E-state index < -0.39 is 0 Å². The summed E-state index contributed by atoms with van der Waals surface area (Å²) in [5.74, 6) is 0. The largest absolute Gasteiger partial charge is 0.245 e. The third-order valence-corrected chi connectivity index (χ3v) is 8.36. The van der Waals surface area contributed by atoms with E-state index in [4.69, 9.17) is 9.97 Å². The Bertz CT molecular complexity index is 2140. The highest BCUT2D eigenvalue weighted by Crippen LogP contribution is 2.40. The van der Waals surface area contributed by atoms with E-state index >= 15 is 0 Å². The molecule has 0 fully saturated rings. The summed E-state index contributed by atoms with van der Waals surface area (Å²) in [5, 5.41) is 8.37. The Morgan fingerprint density at radius 2 is 1.14 bits per heavy atom. The Morgan fingerprint density at radius 3 is 2.00 bits per heavy atom. The molecule has 0 N–H and O–H groups in total. The molecule has 0 amide bonds. The zero-order valence-corrected chi connectivity index (χ0v) is 20.7. The summed E-state index contributed by atoms with van der Waals surface area (Å²) < 4.78 is 2.60. The van der Waals surface area contributed by atoms with Crippen molar-refractivity contribution in [2.45, 2.75) is 0 Å². The maximum absolute atomic E-state index is 5.29. The molecular formula is C34H20N2S. The van der Waals surface area contributed by atoms with Gasteiger partial charge in [-0.05, 0) is 35.0 Å². The fourth-order valence-electron chi connectivity index (χ4n) is 5.50. The van der Waals surface area contributed by atoms with Gasteiger partial charge in [-0.3, -0.25) is 0 Å². The van der Waals surface area contributed by atoms with Crippen LogP contribution in [0.15, 0.2) is 121 Å². The number of rotatable bonds is 2. The fourth-order valence-corrected chi connectivity index (χ4v) is 6.63. The first-order chi connectivity index (χ1) is 18.3. The molecule has 8 rings (SSSR count). The lowest BCUT2D eigenvalue weighted by Crippen LogP contribution is -1.95. The summed E-state index contributed by atoms with van der Waals surface area (Å²) in [4.78, 5) is 10.5. The van der Waals surface area contributed by atoms with E-state index in [-0.39, 0.29) is 0 Å². The van der Waals surface area contributed by atoms with Crippen molar-refractivity contribution in [3.8, 4) is 22.6 Å². The topological polar surface area (TPSA) is 25.8 Å². The minimum absolute atomic E-state index is 0.894. The van der Waals surface area contributed by atoms with Crippen LogP contribution in [0.25, 0.3) is 75.3 Å². The molecule has 0 aliphatic carbocycles. The van der Waals surface area contributed by atoms with E-state index in [1.807, 2.05) is 17.4 Å². The zero-order chi connectivity index (χ0) is 24.3. The Morgan fingerprint density at radius 1 is 0.432 bits per heavy atom. The molecule has 0 unspecified atom stereocenters. The van der Waals surface area contributed by atoms with Crippen LogP contribution in [0.5, 0.6) is 0 Å². The predicted molar refractivity (Wildman–Crippen MR) is 158 cm³/mol. The highest BCUT2D eigenvalue weighted by Gasteiger charge is 2.16. The second-order valence-electron chi connectivity index (χ2n) is 9.41. The van der Waals surface area contributed by atoms with Crippen molar-refractivity contribution in [3.05, 3.63) is 121 Å². The maximum atomic E-state index is 5.29. The number of thiophene rings is 1. The molecule has 0 saturated carbocycles. The van der Waals surface area contributed by atoms with Gasteiger partial charge in [0.2, 0.25) is 0 Å². The lowest BCUT2D eigenvalue weighted by molar-refractivity contribution is 1.31. The maximum Gasteiger partial charge on any atom is 0.0972 e. The summed E-state index contributed by atoms with van der Waals surface area (Å²) >= 11 is 1.85. The molecule has 0 aliphatic heterocycles. The second-order valence-corrected chi connectivity index (χ2v) is 10.5. The first kappa shape index (κ1) is 20.6. The van der Waals surface area contributed by atoms with Gasteiger partial charge in [-0.15, -0.1) is 11.3 Å². The normalized spacial score (nSPS) is 11.8. The molecule has 37 heavy (non-hydrogen) atoms. The van der Waals surface area contributed by atoms with Crippen LogP contribution in [0.2, 0.25) is 0 Å². The van der Waals surface area contributed by atoms with E-state index in [1.54, 1.807) is 0 Å². The average Bonchev–Trinajstić information content (AvgIpc) is 3.33. The summed E-state index contributed by atoms with van der Waals surface area (Å²) in [7, 11) is 0. The van der Waals surface area contributed by atoms with Gasteiger partial charge in [0.15, 0.2) is 0 Å². The number of aromatic nitrogens is 2. The van der Waals surface area contributed by atoms with Gasteiger partial charge in [-0.1, -0.05) is 97.1 Å². The molecule has 0 bridgehead atoms. The number of fused-ring (bicyclic) bond motifs is 7. The molecule has 3 heteroatoms. The average molecular weight is 489 g/mol. The molecule has 0 spiro atoms. The Hall–Kier alpha value is -4.60. The third kappa shape index (κ3) is 3.18. The van der Waals surface area contributed by atoms with E-state index in [9.17, 15) is 0 Å². The minimum Gasteiger partial charge on any atom is -0.245 e. The Kier molecular flexibility index (Phi) is 4.42. The first-order valence-corrected chi connectivity index (χ1v) is 13.2. The third-order valence-electron chi connectivity index (χ3n) is 7.23. The molecule has 0 atom stereocenters. The van der Waals surface area contributed by atoms with E-state index in [0.717, 1.165) is 44.3 Å². The monoisotopic (exact) mass is 488 g/mol. The van der Waals surface area contributed by atoms with Crippen LogP contribution in [-0.4, -0.2) is 9.97 Å². The van der Waals surface area contributed by atoms with Gasteiger partial charge < -0.3 is 0 Å². The summed E-state index contributed by atoms with van der Waals surface area (Å²) in [6.45, 7) is 0. The van der Waals surface area contributed by atoms with E-state index in [0.29, 0.717) is 0 Å². The van der Waals surface area contributed by atoms with Gasteiger partial charge in [0, 0.05) is 41.9 Å². The van der Waals surface area contributed by atoms with Gasteiger partial charge in [0.25, 0.3) is 0 Å². The summed E-state index contributed by atoms with van der Waals surface area (Å²) in [6, 6.07) is 42.9. The quantitative estimate of drug-likeness (QED) is 0.226. The number of pyridine rings is 2. The van der Waals surface area contributed by atoms with Crippen LogP contribution >= 0.6 is 11.3 Å². The van der Waals surface area contributed by atoms with Crippen LogP contribution < -0.4 is 0 Å². The summed E-state index contributed by atoms with van der Waals surface area (Å²) in [6.07, 6.45) is 0. The van der Waals surface area contributed by atoms with Crippen LogP contribution in [-0.2, 0) is 0 Å². The van der Waals surface area contributed by atoms with Gasteiger partial charge in [0.1, 0.15) is 0 Å². The van der Waals surface area contributed by atoms with Gasteiger partial charge >= 0.3 is 0 Å². The number of hydrogen-bond acceptors (Lipinski definition) is 3. The SMILES string of the molecule is c1ccc(-c2nc(-c3nc4cc5c(cc4c4ccccc34)sc3ccccc35)cc3ccccc23)cc1. The van der Waals surface area contributed by atoms with Crippen molar-refractivity contribution in [1.82, 2.24) is 9.97 Å². The number of benzene rings is 5. The summed E-state index contributed by atoms with van der Waals surface area (Å²) in [5.41, 5.74) is 4.91. The van der Waals surface area contributed by atoms with Crippen molar-refractivity contribution in [3.63, 3.8) is 0 Å². The Balaban J connectivity index is 1.48. The molecule has 0 aliphatic rings.